The summed E-state index contributed by atoms with van der Waals surface area (Å²) < 4.78 is 16.4. The Hall–Kier alpha value is -1.84. The number of hydrogen-bond donors (Lipinski definition) is 1. The van der Waals surface area contributed by atoms with Crippen LogP contribution >= 0.6 is 0 Å². The van der Waals surface area contributed by atoms with Crippen LogP contribution in [-0.2, 0) is 17.8 Å². The predicted molar refractivity (Wildman–Crippen MR) is 86.2 cm³/mol. The Kier molecular flexibility index (Phi) is 4.46. The molecule has 1 fully saturated rings. The van der Waals surface area contributed by atoms with E-state index in [0.717, 1.165) is 17.6 Å². The number of hydrogen-bond acceptors (Lipinski definition) is 1. The van der Waals surface area contributed by atoms with Crippen LogP contribution in [0.2, 0.25) is 0 Å². The second-order valence-corrected chi connectivity index (χ2v) is 6.29. The van der Waals surface area contributed by atoms with Crippen molar-refractivity contribution in [1.29, 1.82) is 0 Å². The molecule has 1 N–H and O–H groups in total. The summed E-state index contributed by atoms with van der Waals surface area (Å²) in [5.41, 5.74) is 1.69. The molecule has 4 heteroatoms. The van der Waals surface area contributed by atoms with Crippen molar-refractivity contribution < 1.29 is 9.18 Å². The number of benzene rings is 1. The van der Waals surface area contributed by atoms with E-state index in [1.807, 2.05) is 12.3 Å². The third-order valence-electron chi connectivity index (χ3n) is 4.74. The maximum Gasteiger partial charge on any atom is 0.224 e. The molecule has 1 aliphatic carbocycles. The van der Waals surface area contributed by atoms with Crippen molar-refractivity contribution in [3.8, 4) is 0 Å². The van der Waals surface area contributed by atoms with Crippen LogP contribution in [0, 0.1) is 11.7 Å². The average Bonchev–Trinajstić information content (AvgIpc) is 2.87. The van der Waals surface area contributed by atoms with Crippen molar-refractivity contribution in [2.24, 2.45) is 5.92 Å². The van der Waals surface area contributed by atoms with Crippen molar-refractivity contribution in [2.45, 2.75) is 45.1 Å². The summed E-state index contributed by atoms with van der Waals surface area (Å²) in [4.78, 5) is 11.7. The van der Waals surface area contributed by atoms with Crippen LogP contribution < -0.4 is 5.32 Å². The smallest absolute Gasteiger partial charge is 0.224 e. The minimum atomic E-state index is -0.237. The molecular formula is C18H23FN2O. The zero-order valence-electron chi connectivity index (χ0n) is 13.1. The van der Waals surface area contributed by atoms with E-state index < -0.39 is 0 Å². The number of carbonyl (C=O) groups excluding carboxylic acids is 1. The monoisotopic (exact) mass is 302 g/mol. The average molecular weight is 302 g/mol. The predicted octanol–water partition coefficient (Wildman–Crippen LogP) is 3.65. The Morgan fingerprint density at radius 1 is 1.32 bits per heavy atom. The molecule has 1 saturated carbocycles. The molecule has 0 aliphatic heterocycles. The van der Waals surface area contributed by atoms with Gasteiger partial charge in [-0.25, -0.2) is 4.39 Å². The number of nitrogens with zero attached hydrogens (tertiary/aromatic N) is 1. The van der Waals surface area contributed by atoms with Crippen molar-refractivity contribution in [3.05, 3.63) is 35.8 Å². The number of aromatic nitrogens is 1. The molecule has 1 amide bonds. The first-order valence-corrected chi connectivity index (χ1v) is 8.16. The summed E-state index contributed by atoms with van der Waals surface area (Å²) in [6, 6.07) is 5.17. The van der Waals surface area contributed by atoms with E-state index in [9.17, 15) is 9.18 Å². The maximum atomic E-state index is 14.2. The van der Waals surface area contributed by atoms with Gasteiger partial charge in [-0.3, -0.25) is 4.79 Å². The van der Waals surface area contributed by atoms with Crippen LogP contribution in [0.5, 0.6) is 0 Å². The SMILES string of the molecule is CNC(=O)Cc1cn(CC2CCCCC2)c2cccc(F)c12. The lowest BCUT2D eigenvalue weighted by molar-refractivity contribution is -0.119. The normalized spacial score (nSPS) is 16.1. The zero-order valence-corrected chi connectivity index (χ0v) is 13.1. The molecule has 1 aromatic heterocycles. The molecule has 0 saturated heterocycles. The summed E-state index contributed by atoms with van der Waals surface area (Å²) in [6.45, 7) is 0.924. The van der Waals surface area contributed by atoms with Gasteiger partial charge in [0.15, 0.2) is 0 Å². The Morgan fingerprint density at radius 2 is 2.09 bits per heavy atom. The molecule has 118 valence electrons. The molecule has 0 radical (unpaired) electrons. The van der Waals surface area contributed by atoms with Gasteiger partial charge in [0.1, 0.15) is 5.82 Å². The van der Waals surface area contributed by atoms with E-state index in [1.165, 1.54) is 38.2 Å². The highest BCUT2D eigenvalue weighted by atomic mass is 19.1. The molecule has 1 heterocycles. The molecule has 2 aromatic rings. The second kappa shape index (κ2) is 6.51. The molecule has 0 bridgehead atoms. The summed E-state index contributed by atoms with van der Waals surface area (Å²) >= 11 is 0. The molecule has 0 atom stereocenters. The third kappa shape index (κ3) is 3.01. The first kappa shape index (κ1) is 15.1. The minimum absolute atomic E-state index is 0.0834. The van der Waals surface area contributed by atoms with Gasteiger partial charge in [0.05, 0.1) is 11.9 Å². The lowest BCUT2D eigenvalue weighted by Gasteiger charge is -2.22. The molecule has 0 unspecified atom stereocenters. The van der Waals surface area contributed by atoms with Crippen LogP contribution in [0.3, 0.4) is 0 Å². The van der Waals surface area contributed by atoms with Crippen LogP contribution in [0.1, 0.15) is 37.7 Å². The fourth-order valence-electron chi connectivity index (χ4n) is 3.59. The largest absolute Gasteiger partial charge is 0.359 e. The van der Waals surface area contributed by atoms with Crippen LogP contribution in [-0.4, -0.2) is 17.5 Å². The van der Waals surface area contributed by atoms with Crippen LogP contribution in [0.4, 0.5) is 4.39 Å². The molecule has 22 heavy (non-hydrogen) atoms. The first-order valence-electron chi connectivity index (χ1n) is 8.16. The Morgan fingerprint density at radius 3 is 2.82 bits per heavy atom. The van der Waals surface area contributed by atoms with Crippen molar-refractivity contribution in [3.63, 3.8) is 0 Å². The van der Waals surface area contributed by atoms with Crippen molar-refractivity contribution in [1.82, 2.24) is 9.88 Å². The minimum Gasteiger partial charge on any atom is -0.359 e. The number of halogens is 1. The zero-order chi connectivity index (χ0) is 15.5. The summed E-state index contributed by atoms with van der Waals surface area (Å²) in [7, 11) is 1.61. The van der Waals surface area contributed by atoms with Gasteiger partial charge in [-0.15, -0.1) is 0 Å². The highest BCUT2D eigenvalue weighted by Crippen LogP contribution is 2.29. The van der Waals surface area contributed by atoms with Gasteiger partial charge in [0, 0.05) is 25.2 Å². The second-order valence-electron chi connectivity index (χ2n) is 6.29. The topological polar surface area (TPSA) is 34.0 Å². The van der Waals surface area contributed by atoms with E-state index in [2.05, 4.69) is 9.88 Å². The van der Waals surface area contributed by atoms with Crippen LogP contribution in [0.25, 0.3) is 10.9 Å². The quantitative estimate of drug-likeness (QED) is 0.919. The van der Waals surface area contributed by atoms with E-state index in [-0.39, 0.29) is 18.1 Å². The van der Waals surface area contributed by atoms with Crippen molar-refractivity contribution in [2.75, 3.05) is 7.05 Å². The number of amides is 1. The van der Waals surface area contributed by atoms with Gasteiger partial charge in [-0.05, 0) is 36.5 Å². The van der Waals surface area contributed by atoms with E-state index in [0.29, 0.717) is 11.3 Å². The van der Waals surface area contributed by atoms with E-state index in [1.54, 1.807) is 13.1 Å². The van der Waals surface area contributed by atoms with Gasteiger partial charge in [-0.2, -0.15) is 0 Å². The number of carbonyl (C=O) groups is 1. The maximum absolute atomic E-state index is 14.2. The molecule has 0 spiro atoms. The van der Waals surface area contributed by atoms with Crippen LogP contribution in [0.15, 0.2) is 24.4 Å². The Balaban J connectivity index is 1.95. The molecule has 1 aromatic carbocycles. The van der Waals surface area contributed by atoms with E-state index in [4.69, 9.17) is 0 Å². The van der Waals surface area contributed by atoms with E-state index >= 15 is 0 Å². The van der Waals surface area contributed by atoms with Gasteiger partial charge < -0.3 is 9.88 Å². The Labute approximate surface area is 130 Å². The van der Waals surface area contributed by atoms with Crippen molar-refractivity contribution >= 4 is 16.8 Å². The fraction of sp³-hybridized carbons (Fsp3) is 0.500. The summed E-state index contributed by atoms with van der Waals surface area (Å²) in [6.07, 6.45) is 8.62. The summed E-state index contributed by atoms with van der Waals surface area (Å²) in [5, 5.41) is 3.22. The molecule has 3 rings (SSSR count). The number of nitrogens with one attached hydrogen (secondary N) is 1. The van der Waals surface area contributed by atoms with Gasteiger partial charge >= 0.3 is 0 Å². The number of rotatable bonds is 4. The number of likely N-dealkylation sites (N-methyl/N-ethyl adjacent to an activating group) is 1. The lowest BCUT2D eigenvalue weighted by atomic mass is 9.89. The van der Waals surface area contributed by atoms with Gasteiger partial charge in [0.25, 0.3) is 0 Å². The first-order chi connectivity index (χ1) is 10.7. The highest BCUT2D eigenvalue weighted by Gasteiger charge is 2.18. The van der Waals surface area contributed by atoms with Gasteiger partial charge in [-0.1, -0.05) is 25.3 Å². The summed E-state index contributed by atoms with van der Waals surface area (Å²) in [5.74, 6) is 0.347. The number of fused-ring (bicyclic) bond motifs is 1. The fourth-order valence-corrected chi connectivity index (χ4v) is 3.59. The Bertz CT molecular complexity index is 671. The molecule has 1 aliphatic rings. The highest BCUT2D eigenvalue weighted by molar-refractivity contribution is 5.89. The standard InChI is InChI=1S/C18H23FN2O/c1-20-17(22)10-14-12-21(11-13-6-3-2-4-7-13)16-9-5-8-15(19)18(14)16/h5,8-9,12-13H,2-4,6-7,10-11H2,1H3,(H,20,22). The lowest BCUT2D eigenvalue weighted by Crippen LogP contribution is -2.19. The van der Waals surface area contributed by atoms with Gasteiger partial charge in [0.2, 0.25) is 5.91 Å². The third-order valence-corrected chi connectivity index (χ3v) is 4.74. The molecule has 3 nitrogen and oxygen atoms in total. The molecular weight excluding hydrogens is 279 g/mol.